The molecule has 0 aromatic rings. The van der Waals surface area contributed by atoms with Gasteiger partial charge in [0.25, 0.3) is 0 Å². The Morgan fingerprint density at radius 3 is 1.50 bits per heavy atom. The molecule has 0 radical (unpaired) electrons. The predicted molar refractivity (Wildman–Crippen MR) is 70.3 cm³/mol. The molecule has 0 aromatic carbocycles. The largest absolute Gasteiger partial charge is 0.382 e. The average Bonchev–Trinajstić information content (AvgIpc) is 1.97. The van der Waals surface area contributed by atoms with Crippen molar-refractivity contribution in [1.29, 1.82) is 0 Å². The maximum atomic E-state index is 10.3. The fourth-order valence-corrected chi connectivity index (χ4v) is 2.02. The highest BCUT2D eigenvalue weighted by Gasteiger charge is 2.31. The van der Waals surface area contributed by atoms with E-state index in [4.69, 9.17) is 0 Å². The van der Waals surface area contributed by atoms with Crippen molar-refractivity contribution in [3.05, 3.63) is 23.3 Å². The summed E-state index contributed by atoms with van der Waals surface area (Å²) in [5.41, 5.74) is 2.15. The lowest BCUT2D eigenvalue weighted by Gasteiger charge is -2.36. The molecule has 0 unspecified atom stereocenters. The van der Waals surface area contributed by atoms with Gasteiger partial charge >= 0.3 is 0 Å². The summed E-state index contributed by atoms with van der Waals surface area (Å²) in [7, 11) is 0. The second-order valence-electron chi connectivity index (χ2n) is 7.24. The zero-order chi connectivity index (χ0) is 12.8. The molecular formula is C15H26O. The molecule has 92 valence electrons. The summed E-state index contributed by atoms with van der Waals surface area (Å²) in [5, 5.41) is 10.3. The maximum absolute atomic E-state index is 10.3. The summed E-state index contributed by atoms with van der Waals surface area (Å²) < 4.78 is 0. The standard InChI is InChI=1S/C15H26O/c1-13(2,3)11-8-12(14(4,5)6)10-15(7,16)9-11/h9-10,16H,8H2,1-7H3. The first kappa shape index (κ1) is 13.5. The first-order chi connectivity index (χ1) is 6.92. The average molecular weight is 222 g/mol. The van der Waals surface area contributed by atoms with Gasteiger partial charge in [-0.15, -0.1) is 0 Å². The SMILES string of the molecule is CC1(O)C=C(C(C)(C)C)CC(C(C)(C)C)=C1. The monoisotopic (exact) mass is 222 g/mol. The Hall–Kier alpha value is -0.560. The molecular weight excluding hydrogens is 196 g/mol. The second kappa shape index (κ2) is 3.73. The van der Waals surface area contributed by atoms with Gasteiger partial charge in [0.15, 0.2) is 0 Å². The molecule has 0 saturated heterocycles. The minimum Gasteiger partial charge on any atom is -0.382 e. The van der Waals surface area contributed by atoms with Crippen LogP contribution in [-0.4, -0.2) is 10.7 Å². The molecule has 1 heteroatoms. The van der Waals surface area contributed by atoms with E-state index in [1.165, 1.54) is 11.1 Å². The van der Waals surface area contributed by atoms with Gasteiger partial charge in [-0.25, -0.2) is 0 Å². The lowest BCUT2D eigenvalue weighted by Crippen LogP contribution is -2.29. The van der Waals surface area contributed by atoms with Crippen molar-refractivity contribution in [1.82, 2.24) is 0 Å². The normalized spacial score (nSPS) is 21.5. The summed E-state index contributed by atoms with van der Waals surface area (Å²) in [5.74, 6) is 0. The molecule has 0 spiro atoms. The highest BCUT2D eigenvalue weighted by atomic mass is 16.3. The van der Waals surface area contributed by atoms with Crippen molar-refractivity contribution in [3.8, 4) is 0 Å². The van der Waals surface area contributed by atoms with E-state index in [0.29, 0.717) is 0 Å². The Bertz CT molecular complexity index is 297. The quantitative estimate of drug-likeness (QED) is 0.612. The molecule has 0 fully saturated rings. The van der Waals surface area contributed by atoms with E-state index < -0.39 is 5.60 Å². The first-order valence-electron chi connectivity index (χ1n) is 6.09. The van der Waals surface area contributed by atoms with Crippen LogP contribution < -0.4 is 0 Å². The van der Waals surface area contributed by atoms with Crippen molar-refractivity contribution < 1.29 is 5.11 Å². The van der Waals surface area contributed by atoms with Crippen molar-refractivity contribution >= 4 is 0 Å². The van der Waals surface area contributed by atoms with Gasteiger partial charge < -0.3 is 5.11 Å². The van der Waals surface area contributed by atoms with Crippen molar-refractivity contribution in [2.24, 2.45) is 10.8 Å². The smallest absolute Gasteiger partial charge is 0.0986 e. The Labute approximate surface area is 100 Å². The molecule has 1 aliphatic rings. The number of allylic oxidation sites excluding steroid dienone is 2. The Morgan fingerprint density at radius 2 is 1.25 bits per heavy atom. The van der Waals surface area contributed by atoms with Crippen LogP contribution in [0.3, 0.4) is 0 Å². The summed E-state index contributed by atoms with van der Waals surface area (Å²) in [6.07, 6.45) is 5.02. The second-order valence-corrected chi connectivity index (χ2v) is 7.24. The van der Waals surface area contributed by atoms with Gasteiger partial charge in [0.05, 0.1) is 5.60 Å². The Kier molecular flexibility index (Phi) is 3.15. The van der Waals surface area contributed by atoms with Gasteiger partial charge in [0.1, 0.15) is 0 Å². The first-order valence-corrected chi connectivity index (χ1v) is 6.09. The third-order valence-corrected chi connectivity index (χ3v) is 3.24. The van der Waals surface area contributed by atoms with Crippen LogP contribution in [0.25, 0.3) is 0 Å². The molecule has 1 nitrogen and oxygen atoms in total. The van der Waals surface area contributed by atoms with E-state index in [2.05, 4.69) is 41.5 Å². The predicted octanol–water partition coefficient (Wildman–Crippen LogP) is 4.09. The Morgan fingerprint density at radius 1 is 0.938 bits per heavy atom. The van der Waals surface area contributed by atoms with E-state index in [1.807, 2.05) is 19.1 Å². The highest BCUT2D eigenvalue weighted by molar-refractivity contribution is 5.35. The van der Waals surface area contributed by atoms with E-state index in [-0.39, 0.29) is 10.8 Å². The van der Waals surface area contributed by atoms with Gasteiger partial charge in [-0.05, 0) is 36.3 Å². The van der Waals surface area contributed by atoms with Crippen LogP contribution in [0.5, 0.6) is 0 Å². The lowest BCUT2D eigenvalue weighted by molar-refractivity contribution is 0.154. The van der Waals surface area contributed by atoms with Gasteiger partial charge in [0, 0.05) is 0 Å². The van der Waals surface area contributed by atoms with E-state index in [1.54, 1.807) is 0 Å². The molecule has 16 heavy (non-hydrogen) atoms. The zero-order valence-electron chi connectivity index (χ0n) is 11.8. The van der Waals surface area contributed by atoms with E-state index >= 15 is 0 Å². The molecule has 0 saturated carbocycles. The molecule has 1 rings (SSSR count). The number of hydrogen-bond acceptors (Lipinski definition) is 1. The van der Waals surface area contributed by atoms with Crippen LogP contribution in [0.2, 0.25) is 0 Å². The molecule has 1 aliphatic carbocycles. The maximum Gasteiger partial charge on any atom is 0.0986 e. The minimum absolute atomic E-state index is 0.134. The van der Waals surface area contributed by atoms with Crippen molar-refractivity contribution in [3.63, 3.8) is 0 Å². The van der Waals surface area contributed by atoms with Gasteiger partial charge in [-0.2, -0.15) is 0 Å². The third kappa shape index (κ3) is 3.21. The van der Waals surface area contributed by atoms with Crippen LogP contribution in [0.15, 0.2) is 23.3 Å². The molecule has 0 atom stereocenters. The van der Waals surface area contributed by atoms with Gasteiger partial charge in [-0.3, -0.25) is 0 Å². The number of aliphatic hydroxyl groups is 1. The summed E-state index contributed by atoms with van der Waals surface area (Å²) in [4.78, 5) is 0. The van der Waals surface area contributed by atoms with Crippen LogP contribution >= 0.6 is 0 Å². The van der Waals surface area contributed by atoms with E-state index in [0.717, 1.165) is 6.42 Å². The molecule has 0 heterocycles. The highest BCUT2D eigenvalue weighted by Crippen LogP contribution is 2.42. The minimum atomic E-state index is -0.788. The molecule has 0 amide bonds. The fourth-order valence-electron chi connectivity index (χ4n) is 2.02. The van der Waals surface area contributed by atoms with Gasteiger partial charge in [-0.1, -0.05) is 52.7 Å². The van der Waals surface area contributed by atoms with Crippen molar-refractivity contribution in [2.45, 2.75) is 60.5 Å². The Balaban J connectivity index is 3.11. The molecule has 0 bridgehead atoms. The number of rotatable bonds is 0. The summed E-state index contributed by atoms with van der Waals surface area (Å²) in [6.45, 7) is 15.1. The summed E-state index contributed by atoms with van der Waals surface area (Å²) >= 11 is 0. The van der Waals surface area contributed by atoms with E-state index in [9.17, 15) is 5.11 Å². The zero-order valence-corrected chi connectivity index (χ0v) is 11.8. The van der Waals surface area contributed by atoms with Crippen LogP contribution in [0.1, 0.15) is 54.9 Å². The third-order valence-electron chi connectivity index (χ3n) is 3.24. The topological polar surface area (TPSA) is 20.2 Å². The fraction of sp³-hybridized carbons (Fsp3) is 0.733. The van der Waals surface area contributed by atoms with Gasteiger partial charge in [0.2, 0.25) is 0 Å². The molecule has 0 aromatic heterocycles. The van der Waals surface area contributed by atoms with Crippen LogP contribution in [-0.2, 0) is 0 Å². The number of hydrogen-bond donors (Lipinski definition) is 1. The molecule has 1 N–H and O–H groups in total. The van der Waals surface area contributed by atoms with Crippen LogP contribution in [0.4, 0.5) is 0 Å². The van der Waals surface area contributed by atoms with Crippen molar-refractivity contribution in [2.75, 3.05) is 0 Å². The molecule has 0 aliphatic heterocycles. The lowest BCUT2D eigenvalue weighted by atomic mass is 9.71. The van der Waals surface area contributed by atoms with Crippen LogP contribution in [0, 0.1) is 10.8 Å². The summed E-state index contributed by atoms with van der Waals surface area (Å²) in [6, 6.07) is 0.